The molecule has 154 valence electrons. The first kappa shape index (κ1) is 19.7. The number of amides is 2. The van der Waals surface area contributed by atoms with Gasteiger partial charge in [0.1, 0.15) is 5.82 Å². The van der Waals surface area contributed by atoms with Crippen LogP contribution in [0.5, 0.6) is 0 Å². The first-order valence-corrected chi connectivity index (χ1v) is 10.6. The van der Waals surface area contributed by atoms with Gasteiger partial charge in [-0.1, -0.05) is 36.4 Å². The van der Waals surface area contributed by atoms with Crippen LogP contribution in [0, 0.1) is 6.92 Å². The van der Waals surface area contributed by atoms with Crippen LogP contribution in [-0.2, 0) is 4.74 Å². The highest BCUT2D eigenvalue weighted by Crippen LogP contribution is 2.27. The van der Waals surface area contributed by atoms with Crippen LogP contribution in [-0.4, -0.2) is 54.8 Å². The molecule has 29 heavy (non-hydrogen) atoms. The number of hydrogen-bond donors (Lipinski definition) is 1. The molecule has 1 aromatic carbocycles. The molecule has 0 aliphatic carbocycles. The van der Waals surface area contributed by atoms with Crippen molar-refractivity contribution in [2.45, 2.75) is 38.3 Å². The molecule has 2 aliphatic heterocycles. The maximum atomic E-state index is 13.1. The first-order valence-electron chi connectivity index (χ1n) is 10.6. The number of aromatic nitrogens is 1. The molecule has 3 heterocycles. The molecular weight excluding hydrogens is 364 g/mol. The maximum absolute atomic E-state index is 13.1. The zero-order chi connectivity index (χ0) is 20.1. The summed E-state index contributed by atoms with van der Waals surface area (Å²) in [5, 5.41) is 3.28. The Balaban J connectivity index is 1.37. The van der Waals surface area contributed by atoms with E-state index in [1.807, 2.05) is 36.1 Å². The van der Waals surface area contributed by atoms with Crippen molar-refractivity contribution >= 4 is 11.8 Å². The third-order valence-corrected chi connectivity index (χ3v) is 5.85. The van der Waals surface area contributed by atoms with Gasteiger partial charge in [-0.05, 0) is 43.9 Å². The van der Waals surface area contributed by atoms with E-state index in [1.165, 1.54) is 5.56 Å². The van der Waals surface area contributed by atoms with Crippen molar-refractivity contribution in [2.75, 3.05) is 37.7 Å². The number of ether oxygens (including phenoxy) is 1. The number of hydrogen-bond acceptors (Lipinski definition) is 4. The van der Waals surface area contributed by atoms with Crippen LogP contribution < -0.4 is 10.2 Å². The topological polar surface area (TPSA) is 57.7 Å². The van der Waals surface area contributed by atoms with Crippen molar-refractivity contribution in [1.82, 2.24) is 15.2 Å². The van der Waals surface area contributed by atoms with E-state index in [1.54, 1.807) is 0 Å². The van der Waals surface area contributed by atoms with Crippen molar-refractivity contribution in [2.24, 2.45) is 0 Å². The van der Waals surface area contributed by atoms with Crippen molar-refractivity contribution in [3.8, 4) is 0 Å². The van der Waals surface area contributed by atoms with Crippen LogP contribution in [0.4, 0.5) is 10.6 Å². The lowest BCUT2D eigenvalue weighted by Gasteiger charge is -2.36. The van der Waals surface area contributed by atoms with E-state index in [4.69, 9.17) is 4.74 Å². The summed E-state index contributed by atoms with van der Waals surface area (Å²) in [5.41, 5.74) is 2.21. The molecule has 2 aliphatic rings. The third kappa shape index (κ3) is 4.88. The van der Waals surface area contributed by atoms with Gasteiger partial charge in [0.05, 0.1) is 12.6 Å². The number of anilines is 1. The average Bonchev–Trinajstić information content (AvgIpc) is 3.01. The summed E-state index contributed by atoms with van der Waals surface area (Å²) >= 11 is 0. The summed E-state index contributed by atoms with van der Waals surface area (Å²) in [6, 6.07) is 16.7. The maximum Gasteiger partial charge on any atom is 0.318 e. The van der Waals surface area contributed by atoms with E-state index in [0.717, 1.165) is 43.9 Å². The largest absolute Gasteiger partial charge is 0.380 e. The van der Waals surface area contributed by atoms with Gasteiger partial charge in [-0.15, -0.1) is 0 Å². The van der Waals surface area contributed by atoms with Gasteiger partial charge in [0.25, 0.3) is 0 Å². The molecule has 0 bridgehead atoms. The molecule has 6 nitrogen and oxygen atoms in total. The number of aryl methyl sites for hydroxylation is 1. The first-order chi connectivity index (χ1) is 14.2. The van der Waals surface area contributed by atoms with Crippen LogP contribution >= 0.6 is 0 Å². The molecular formula is C23H30N4O2. The molecule has 0 radical (unpaired) electrons. The second kappa shape index (κ2) is 9.27. The van der Waals surface area contributed by atoms with E-state index < -0.39 is 0 Å². The van der Waals surface area contributed by atoms with Gasteiger partial charge in [0.2, 0.25) is 0 Å². The lowest BCUT2D eigenvalue weighted by Crippen LogP contribution is -2.50. The molecule has 2 saturated heterocycles. The van der Waals surface area contributed by atoms with Crippen LogP contribution in [0.3, 0.4) is 0 Å². The Hall–Kier alpha value is -2.60. The number of piperidine rings is 1. The molecule has 2 fully saturated rings. The molecule has 6 heteroatoms. The predicted octanol–water partition coefficient (Wildman–Crippen LogP) is 3.53. The molecule has 0 spiro atoms. The number of nitrogens with one attached hydrogen (secondary N) is 1. The minimum Gasteiger partial charge on any atom is -0.380 e. The van der Waals surface area contributed by atoms with Gasteiger partial charge in [-0.2, -0.15) is 0 Å². The van der Waals surface area contributed by atoms with Crippen molar-refractivity contribution in [3.05, 3.63) is 59.8 Å². The third-order valence-electron chi connectivity index (χ3n) is 5.85. The van der Waals surface area contributed by atoms with Gasteiger partial charge >= 0.3 is 6.03 Å². The standard InChI is InChI=1S/C23H30N4O2/c1-18-6-5-9-22(24-18)26-13-10-20(11-14-26)25-23(28)27-15-17-29-16-12-21(27)19-7-3-2-4-8-19/h2-9,20-21H,10-17H2,1H3,(H,25,28). The molecule has 1 aromatic heterocycles. The fourth-order valence-corrected chi connectivity index (χ4v) is 4.25. The van der Waals surface area contributed by atoms with Crippen molar-refractivity contribution in [1.29, 1.82) is 0 Å². The summed E-state index contributed by atoms with van der Waals surface area (Å²) in [6.07, 6.45) is 2.69. The number of rotatable bonds is 3. The van der Waals surface area contributed by atoms with Crippen LogP contribution in [0.15, 0.2) is 48.5 Å². The normalized spacial score (nSPS) is 20.9. The minimum atomic E-state index is 0.0245. The number of carbonyl (C=O) groups excluding carboxylic acids is 1. The Morgan fingerprint density at radius 1 is 1.00 bits per heavy atom. The fraction of sp³-hybridized carbons (Fsp3) is 0.478. The van der Waals surface area contributed by atoms with Crippen molar-refractivity contribution < 1.29 is 9.53 Å². The van der Waals surface area contributed by atoms with E-state index >= 15 is 0 Å². The molecule has 2 amide bonds. The lowest BCUT2D eigenvalue weighted by atomic mass is 10.0. The lowest BCUT2D eigenvalue weighted by molar-refractivity contribution is 0.140. The van der Waals surface area contributed by atoms with Crippen LogP contribution in [0.2, 0.25) is 0 Å². The zero-order valence-corrected chi connectivity index (χ0v) is 17.1. The van der Waals surface area contributed by atoms with Gasteiger partial charge < -0.3 is 19.9 Å². The Bertz CT molecular complexity index is 806. The van der Waals surface area contributed by atoms with Gasteiger partial charge in [-0.25, -0.2) is 9.78 Å². The highest BCUT2D eigenvalue weighted by molar-refractivity contribution is 5.75. The number of pyridine rings is 1. The summed E-state index contributed by atoms with van der Waals surface area (Å²) in [4.78, 5) is 22.0. The molecule has 4 rings (SSSR count). The summed E-state index contributed by atoms with van der Waals surface area (Å²) in [6.45, 7) is 5.74. The van der Waals surface area contributed by atoms with E-state index in [0.29, 0.717) is 19.8 Å². The monoisotopic (exact) mass is 394 g/mol. The van der Waals surface area contributed by atoms with Crippen LogP contribution in [0.1, 0.15) is 36.6 Å². The molecule has 2 aromatic rings. The Labute approximate surface area is 172 Å². The second-order valence-electron chi connectivity index (χ2n) is 7.87. The van der Waals surface area contributed by atoms with Gasteiger partial charge in [-0.3, -0.25) is 0 Å². The van der Waals surface area contributed by atoms with E-state index in [9.17, 15) is 4.79 Å². The van der Waals surface area contributed by atoms with Crippen LogP contribution in [0.25, 0.3) is 0 Å². The smallest absolute Gasteiger partial charge is 0.318 e. The minimum absolute atomic E-state index is 0.0245. The summed E-state index contributed by atoms with van der Waals surface area (Å²) < 4.78 is 5.65. The quantitative estimate of drug-likeness (QED) is 0.865. The number of benzene rings is 1. The van der Waals surface area contributed by atoms with Gasteiger partial charge in [0.15, 0.2) is 0 Å². The van der Waals surface area contributed by atoms with E-state index in [2.05, 4.69) is 39.5 Å². The number of urea groups is 1. The summed E-state index contributed by atoms with van der Waals surface area (Å²) in [7, 11) is 0. The van der Waals surface area contributed by atoms with E-state index in [-0.39, 0.29) is 18.1 Å². The molecule has 0 saturated carbocycles. The predicted molar refractivity (Wildman–Crippen MR) is 114 cm³/mol. The Morgan fingerprint density at radius 3 is 2.55 bits per heavy atom. The Morgan fingerprint density at radius 2 is 1.79 bits per heavy atom. The van der Waals surface area contributed by atoms with Crippen molar-refractivity contribution in [3.63, 3.8) is 0 Å². The molecule has 1 unspecified atom stereocenters. The zero-order valence-electron chi connectivity index (χ0n) is 17.1. The second-order valence-corrected chi connectivity index (χ2v) is 7.87. The molecule has 1 N–H and O–H groups in total. The SMILES string of the molecule is Cc1cccc(N2CCC(NC(=O)N3CCOCCC3c3ccccc3)CC2)n1. The highest BCUT2D eigenvalue weighted by Gasteiger charge is 2.29. The highest BCUT2D eigenvalue weighted by atomic mass is 16.5. The summed E-state index contributed by atoms with van der Waals surface area (Å²) in [5.74, 6) is 1.03. The molecule has 1 atom stereocenters. The fourth-order valence-electron chi connectivity index (χ4n) is 4.25. The average molecular weight is 395 g/mol. The Kier molecular flexibility index (Phi) is 6.30. The van der Waals surface area contributed by atoms with Gasteiger partial charge in [0, 0.05) is 38.0 Å². The number of nitrogens with zero attached hydrogens (tertiary/aromatic N) is 3. The number of carbonyl (C=O) groups is 1.